The minimum absolute atomic E-state index is 0.244. The first-order valence-corrected chi connectivity index (χ1v) is 8.73. The first kappa shape index (κ1) is 17.5. The molecule has 0 radical (unpaired) electrons. The molecule has 0 amide bonds. The number of rotatable bonds is 7. The van der Waals surface area contributed by atoms with Crippen molar-refractivity contribution >= 4 is 6.08 Å². The molecular formula is C22H29N. The third kappa shape index (κ3) is 4.80. The molecule has 0 saturated heterocycles. The van der Waals surface area contributed by atoms with Crippen LogP contribution in [0.1, 0.15) is 57.6 Å². The molecule has 2 aromatic carbocycles. The van der Waals surface area contributed by atoms with Gasteiger partial charge in [0.15, 0.2) is 0 Å². The predicted octanol–water partition coefficient (Wildman–Crippen LogP) is 6.14. The predicted molar refractivity (Wildman–Crippen MR) is 102 cm³/mol. The van der Waals surface area contributed by atoms with E-state index in [0.29, 0.717) is 0 Å². The standard InChI is InChI=1S/C22H29N/c1-4-6-7-8-9-18-10-12-19(13-11-18)20-14-16-21(17-15-20)22(3,23)5-2/h8-17H,4-7,23H2,1-3H3/b9-8+. The Morgan fingerprint density at radius 1 is 0.913 bits per heavy atom. The van der Waals surface area contributed by atoms with Crippen LogP contribution in [0, 0.1) is 0 Å². The van der Waals surface area contributed by atoms with Crippen LogP contribution >= 0.6 is 0 Å². The highest BCUT2D eigenvalue weighted by Crippen LogP contribution is 2.26. The van der Waals surface area contributed by atoms with Gasteiger partial charge >= 0.3 is 0 Å². The fourth-order valence-electron chi connectivity index (χ4n) is 2.58. The van der Waals surface area contributed by atoms with E-state index in [2.05, 4.69) is 81.5 Å². The van der Waals surface area contributed by atoms with Crippen LogP contribution in [0.5, 0.6) is 0 Å². The topological polar surface area (TPSA) is 26.0 Å². The lowest BCUT2D eigenvalue weighted by Gasteiger charge is -2.23. The Hall–Kier alpha value is -1.86. The molecule has 0 aliphatic heterocycles. The molecule has 0 heterocycles. The molecule has 0 aliphatic carbocycles. The lowest BCUT2D eigenvalue weighted by molar-refractivity contribution is 0.476. The maximum Gasteiger partial charge on any atom is 0.0378 e. The van der Waals surface area contributed by atoms with Crippen LogP contribution in [0.3, 0.4) is 0 Å². The zero-order chi connectivity index (χ0) is 16.7. The van der Waals surface area contributed by atoms with Gasteiger partial charge in [0.2, 0.25) is 0 Å². The fraction of sp³-hybridized carbons (Fsp3) is 0.364. The molecule has 0 aromatic heterocycles. The first-order chi connectivity index (χ1) is 11.1. The first-order valence-electron chi connectivity index (χ1n) is 8.73. The van der Waals surface area contributed by atoms with Gasteiger partial charge < -0.3 is 5.73 Å². The van der Waals surface area contributed by atoms with Crippen LogP contribution in [0.4, 0.5) is 0 Å². The van der Waals surface area contributed by atoms with Crippen molar-refractivity contribution in [2.45, 2.75) is 52.0 Å². The largest absolute Gasteiger partial charge is 0.322 e. The number of unbranched alkanes of at least 4 members (excludes halogenated alkanes) is 2. The van der Waals surface area contributed by atoms with Crippen LogP contribution in [0.2, 0.25) is 0 Å². The summed E-state index contributed by atoms with van der Waals surface area (Å²) in [6.45, 7) is 6.43. The molecule has 1 unspecified atom stereocenters. The summed E-state index contributed by atoms with van der Waals surface area (Å²) in [6.07, 6.45) is 9.09. The highest BCUT2D eigenvalue weighted by Gasteiger charge is 2.17. The average Bonchev–Trinajstić information content (AvgIpc) is 2.59. The van der Waals surface area contributed by atoms with Crippen molar-refractivity contribution in [3.8, 4) is 11.1 Å². The van der Waals surface area contributed by atoms with E-state index >= 15 is 0 Å². The second-order valence-corrected chi connectivity index (χ2v) is 6.51. The molecule has 2 rings (SSSR count). The molecule has 0 saturated carbocycles. The van der Waals surface area contributed by atoms with Crippen molar-refractivity contribution in [1.82, 2.24) is 0 Å². The van der Waals surface area contributed by atoms with Crippen LogP contribution in [0.25, 0.3) is 17.2 Å². The maximum atomic E-state index is 6.31. The number of hydrogen-bond acceptors (Lipinski definition) is 1. The molecule has 1 atom stereocenters. The number of allylic oxidation sites excluding steroid dienone is 1. The maximum absolute atomic E-state index is 6.31. The summed E-state index contributed by atoms with van der Waals surface area (Å²) in [4.78, 5) is 0. The summed E-state index contributed by atoms with van der Waals surface area (Å²) in [7, 11) is 0. The molecule has 0 bridgehead atoms. The molecule has 0 fully saturated rings. The van der Waals surface area contributed by atoms with E-state index in [0.717, 1.165) is 12.8 Å². The summed E-state index contributed by atoms with van der Waals surface area (Å²) in [5.74, 6) is 0. The van der Waals surface area contributed by atoms with E-state index in [9.17, 15) is 0 Å². The molecular weight excluding hydrogens is 278 g/mol. The minimum atomic E-state index is -0.244. The Balaban J connectivity index is 2.09. The second-order valence-electron chi connectivity index (χ2n) is 6.51. The van der Waals surface area contributed by atoms with Gasteiger partial charge in [0.1, 0.15) is 0 Å². The summed E-state index contributed by atoms with van der Waals surface area (Å²) >= 11 is 0. The van der Waals surface area contributed by atoms with Crippen molar-refractivity contribution in [2.24, 2.45) is 5.73 Å². The Bertz CT molecular complexity index is 618. The van der Waals surface area contributed by atoms with Crippen LogP contribution in [-0.4, -0.2) is 0 Å². The summed E-state index contributed by atoms with van der Waals surface area (Å²) in [6, 6.07) is 17.4. The zero-order valence-electron chi connectivity index (χ0n) is 14.7. The number of hydrogen-bond donors (Lipinski definition) is 1. The SMILES string of the molecule is CCCC/C=C/c1ccc(-c2ccc(C(C)(N)CC)cc2)cc1. The van der Waals surface area contributed by atoms with Crippen molar-refractivity contribution in [1.29, 1.82) is 0 Å². The average molecular weight is 307 g/mol. The van der Waals surface area contributed by atoms with E-state index in [1.165, 1.54) is 35.1 Å². The van der Waals surface area contributed by atoms with Crippen molar-refractivity contribution < 1.29 is 0 Å². The molecule has 23 heavy (non-hydrogen) atoms. The van der Waals surface area contributed by atoms with Gasteiger partial charge in [0, 0.05) is 5.54 Å². The monoisotopic (exact) mass is 307 g/mol. The third-order valence-electron chi connectivity index (χ3n) is 4.56. The molecule has 2 aromatic rings. The highest BCUT2D eigenvalue weighted by molar-refractivity contribution is 5.66. The Morgan fingerprint density at radius 3 is 2.00 bits per heavy atom. The van der Waals surface area contributed by atoms with Gasteiger partial charge in [-0.2, -0.15) is 0 Å². The molecule has 0 spiro atoms. The second kappa shape index (κ2) is 8.12. The lowest BCUT2D eigenvalue weighted by Crippen LogP contribution is -2.31. The minimum Gasteiger partial charge on any atom is -0.322 e. The van der Waals surface area contributed by atoms with Gasteiger partial charge in [-0.15, -0.1) is 0 Å². The molecule has 122 valence electrons. The molecule has 0 aliphatic rings. The van der Waals surface area contributed by atoms with Crippen LogP contribution in [0.15, 0.2) is 54.6 Å². The summed E-state index contributed by atoms with van der Waals surface area (Å²) < 4.78 is 0. The Kier molecular flexibility index (Phi) is 6.18. The third-order valence-corrected chi connectivity index (χ3v) is 4.56. The van der Waals surface area contributed by atoms with Crippen molar-refractivity contribution in [2.75, 3.05) is 0 Å². The normalized spacial score (nSPS) is 14.1. The number of nitrogens with two attached hydrogens (primary N) is 1. The number of benzene rings is 2. The Labute approximate surface area is 141 Å². The summed E-state index contributed by atoms with van der Waals surface area (Å²) in [5, 5.41) is 0. The van der Waals surface area contributed by atoms with Crippen LogP contribution < -0.4 is 5.73 Å². The van der Waals surface area contributed by atoms with Crippen molar-refractivity contribution in [3.63, 3.8) is 0 Å². The van der Waals surface area contributed by atoms with Gasteiger partial charge in [-0.1, -0.05) is 87.4 Å². The van der Waals surface area contributed by atoms with Gasteiger partial charge in [0.05, 0.1) is 0 Å². The zero-order valence-corrected chi connectivity index (χ0v) is 14.7. The molecule has 1 heteroatoms. The molecule has 2 N–H and O–H groups in total. The quantitative estimate of drug-likeness (QED) is 0.611. The van der Waals surface area contributed by atoms with Gasteiger partial charge in [-0.25, -0.2) is 0 Å². The highest BCUT2D eigenvalue weighted by atomic mass is 14.7. The van der Waals surface area contributed by atoms with E-state index < -0.39 is 0 Å². The Morgan fingerprint density at radius 2 is 1.48 bits per heavy atom. The lowest BCUT2D eigenvalue weighted by atomic mass is 9.89. The van der Waals surface area contributed by atoms with Gasteiger partial charge in [0.25, 0.3) is 0 Å². The van der Waals surface area contributed by atoms with Crippen LogP contribution in [-0.2, 0) is 5.54 Å². The van der Waals surface area contributed by atoms with E-state index in [4.69, 9.17) is 5.73 Å². The summed E-state index contributed by atoms with van der Waals surface area (Å²) in [5.41, 5.74) is 11.0. The van der Waals surface area contributed by atoms with Crippen molar-refractivity contribution in [3.05, 3.63) is 65.7 Å². The smallest absolute Gasteiger partial charge is 0.0378 e. The van der Waals surface area contributed by atoms with E-state index in [1.807, 2.05) is 0 Å². The van der Waals surface area contributed by atoms with E-state index in [1.54, 1.807) is 0 Å². The fourth-order valence-corrected chi connectivity index (χ4v) is 2.58. The van der Waals surface area contributed by atoms with E-state index in [-0.39, 0.29) is 5.54 Å². The molecule has 1 nitrogen and oxygen atoms in total. The van der Waals surface area contributed by atoms with Gasteiger partial charge in [-0.3, -0.25) is 0 Å². The van der Waals surface area contributed by atoms with Gasteiger partial charge in [-0.05, 0) is 42.0 Å².